The van der Waals surface area contributed by atoms with Gasteiger partial charge in [-0.3, -0.25) is 4.79 Å². The highest BCUT2D eigenvalue weighted by Gasteiger charge is 2.07. The predicted octanol–water partition coefficient (Wildman–Crippen LogP) is 4.34. The summed E-state index contributed by atoms with van der Waals surface area (Å²) >= 11 is 5.70. The lowest BCUT2D eigenvalue weighted by Crippen LogP contribution is -2.12. The molecule has 2 nitrogen and oxygen atoms in total. The van der Waals surface area contributed by atoms with Crippen LogP contribution in [-0.4, -0.2) is 11.8 Å². The van der Waals surface area contributed by atoms with Gasteiger partial charge in [-0.05, 0) is 50.1 Å². The maximum Gasteiger partial charge on any atom is 0.255 e. The Hall–Kier alpha value is -1.80. The molecule has 2 aromatic rings. The highest BCUT2D eigenvalue weighted by atomic mass is 35.5. The van der Waals surface area contributed by atoms with Crippen LogP contribution in [0.4, 0.5) is 5.69 Å². The van der Waals surface area contributed by atoms with Crippen LogP contribution in [0.2, 0.25) is 0 Å². The van der Waals surface area contributed by atoms with Gasteiger partial charge in [0.05, 0.1) is 0 Å². The quantitative estimate of drug-likeness (QED) is 0.833. The molecule has 0 heterocycles. The number of halogens is 1. The van der Waals surface area contributed by atoms with E-state index >= 15 is 0 Å². The number of hydrogen-bond acceptors (Lipinski definition) is 1. The molecule has 0 atom stereocenters. The second-order valence-corrected chi connectivity index (χ2v) is 5.34. The minimum absolute atomic E-state index is 0.0816. The van der Waals surface area contributed by atoms with Gasteiger partial charge in [0.25, 0.3) is 5.91 Å². The molecule has 0 aliphatic heterocycles. The normalized spacial score (nSPS) is 10.3. The van der Waals surface area contributed by atoms with E-state index in [9.17, 15) is 4.79 Å². The average molecular weight is 288 g/mol. The molecule has 0 aliphatic rings. The number of benzene rings is 2. The molecule has 104 valence electrons. The predicted molar refractivity (Wildman–Crippen MR) is 84.7 cm³/mol. The Morgan fingerprint density at radius 1 is 1.05 bits per heavy atom. The van der Waals surface area contributed by atoms with Gasteiger partial charge in [-0.15, -0.1) is 11.6 Å². The molecule has 1 N–H and O–H groups in total. The lowest BCUT2D eigenvalue weighted by molar-refractivity contribution is 0.102. The third-order valence-corrected chi connectivity index (χ3v) is 3.27. The fourth-order valence-corrected chi connectivity index (χ4v) is 2.39. The molecule has 2 aromatic carbocycles. The van der Waals surface area contributed by atoms with Crippen LogP contribution < -0.4 is 5.32 Å². The monoisotopic (exact) mass is 287 g/mol. The van der Waals surface area contributed by atoms with Gasteiger partial charge in [0.2, 0.25) is 0 Å². The van der Waals surface area contributed by atoms with Crippen molar-refractivity contribution >= 4 is 23.2 Å². The van der Waals surface area contributed by atoms with Crippen LogP contribution in [0.5, 0.6) is 0 Å². The van der Waals surface area contributed by atoms with Crippen molar-refractivity contribution in [2.45, 2.75) is 20.3 Å². The van der Waals surface area contributed by atoms with Crippen molar-refractivity contribution in [3.05, 3.63) is 64.7 Å². The Bertz CT molecular complexity index is 585. The standard InChI is InChI=1S/C17H18ClNO/c1-12-9-13(2)11-15(10-12)17(20)19-16-5-3-14(4-6-16)7-8-18/h3-6,9-11H,7-8H2,1-2H3,(H,19,20). The summed E-state index contributed by atoms with van der Waals surface area (Å²) in [6.07, 6.45) is 0.840. The molecule has 0 bridgehead atoms. The van der Waals surface area contributed by atoms with E-state index in [0.717, 1.165) is 23.2 Å². The summed E-state index contributed by atoms with van der Waals surface area (Å²) < 4.78 is 0. The number of hydrogen-bond donors (Lipinski definition) is 1. The molecule has 0 unspecified atom stereocenters. The van der Waals surface area contributed by atoms with E-state index in [1.165, 1.54) is 5.56 Å². The van der Waals surface area contributed by atoms with E-state index in [2.05, 4.69) is 11.4 Å². The summed E-state index contributed by atoms with van der Waals surface area (Å²) in [4.78, 5) is 12.2. The fourth-order valence-electron chi connectivity index (χ4n) is 2.17. The van der Waals surface area contributed by atoms with Crippen LogP contribution >= 0.6 is 11.6 Å². The first kappa shape index (κ1) is 14.6. The van der Waals surface area contributed by atoms with Gasteiger partial charge in [0, 0.05) is 17.1 Å². The lowest BCUT2D eigenvalue weighted by Gasteiger charge is -2.08. The van der Waals surface area contributed by atoms with E-state index in [-0.39, 0.29) is 5.91 Å². The zero-order valence-corrected chi connectivity index (χ0v) is 12.5. The summed E-state index contributed by atoms with van der Waals surface area (Å²) in [6, 6.07) is 13.6. The van der Waals surface area contributed by atoms with E-state index in [4.69, 9.17) is 11.6 Å². The van der Waals surface area contributed by atoms with E-state index in [1.807, 2.05) is 50.2 Å². The van der Waals surface area contributed by atoms with Gasteiger partial charge in [0.1, 0.15) is 0 Å². The number of carbonyl (C=O) groups excluding carboxylic acids is 1. The van der Waals surface area contributed by atoms with Gasteiger partial charge in [0.15, 0.2) is 0 Å². The number of anilines is 1. The number of amides is 1. The zero-order valence-electron chi connectivity index (χ0n) is 11.7. The number of aryl methyl sites for hydroxylation is 3. The number of nitrogens with one attached hydrogen (secondary N) is 1. The van der Waals surface area contributed by atoms with Gasteiger partial charge in [-0.2, -0.15) is 0 Å². The maximum absolute atomic E-state index is 12.2. The van der Waals surface area contributed by atoms with Crippen molar-refractivity contribution in [1.82, 2.24) is 0 Å². The molecule has 3 heteroatoms. The van der Waals surface area contributed by atoms with Gasteiger partial charge in [-0.25, -0.2) is 0 Å². The van der Waals surface area contributed by atoms with Gasteiger partial charge < -0.3 is 5.32 Å². The molecule has 0 spiro atoms. The van der Waals surface area contributed by atoms with E-state index < -0.39 is 0 Å². The summed E-state index contributed by atoms with van der Waals surface area (Å²) in [5.74, 6) is 0.524. The number of carbonyl (C=O) groups is 1. The van der Waals surface area contributed by atoms with Crippen molar-refractivity contribution in [2.24, 2.45) is 0 Å². The van der Waals surface area contributed by atoms with E-state index in [1.54, 1.807) is 0 Å². The molecule has 1 amide bonds. The summed E-state index contributed by atoms with van der Waals surface area (Å²) in [5, 5.41) is 2.91. The molecular formula is C17H18ClNO. The van der Waals surface area contributed by atoms with Crippen LogP contribution in [0, 0.1) is 13.8 Å². The molecule has 0 radical (unpaired) electrons. The van der Waals surface area contributed by atoms with Crippen molar-refractivity contribution < 1.29 is 4.79 Å². The summed E-state index contributed by atoms with van der Waals surface area (Å²) in [6.45, 7) is 3.98. The van der Waals surface area contributed by atoms with Crippen molar-refractivity contribution in [2.75, 3.05) is 11.2 Å². The second-order valence-electron chi connectivity index (χ2n) is 4.97. The number of rotatable bonds is 4. The van der Waals surface area contributed by atoms with Crippen molar-refractivity contribution in [3.8, 4) is 0 Å². The minimum Gasteiger partial charge on any atom is -0.322 e. The topological polar surface area (TPSA) is 29.1 Å². The smallest absolute Gasteiger partial charge is 0.255 e. The lowest BCUT2D eigenvalue weighted by atomic mass is 10.1. The van der Waals surface area contributed by atoms with Crippen molar-refractivity contribution in [3.63, 3.8) is 0 Å². The molecule has 0 saturated heterocycles. The van der Waals surface area contributed by atoms with Crippen LogP contribution in [0.25, 0.3) is 0 Å². The third kappa shape index (κ3) is 3.84. The highest BCUT2D eigenvalue weighted by molar-refractivity contribution is 6.18. The summed E-state index contributed by atoms with van der Waals surface area (Å²) in [7, 11) is 0. The minimum atomic E-state index is -0.0816. The van der Waals surface area contributed by atoms with Gasteiger partial charge >= 0.3 is 0 Å². The van der Waals surface area contributed by atoms with Crippen LogP contribution in [0.15, 0.2) is 42.5 Å². The van der Waals surface area contributed by atoms with Crippen molar-refractivity contribution in [1.29, 1.82) is 0 Å². The zero-order chi connectivity index (χ0) is 14.5. The molecule has 0 aromatic heterocycles. The summed E-state index contributed by atoms with van der Waals surface area (Å²) in [5.41, 5.74) is 4.84. The van der Waals surface area contributed by atoms with Crippen LogP contribution in [0.3, 0.4) is 0 Å². The molecule has 2 rings (SSSR count). The second kappa shape index (κ2) is 6.58. The Balaban J connectivity index is 2.10. The fraction of sp³-hybridized carbons (Fsp3) is 0.235. The van der Waals surface area contributed by atoms with Crippen LogP contribution in [0.1, 0.15) is 27.0 Å². The first-order chi connectivity index (χ1) is 9.58. The Morgan fingerprint density at radius 3 is 2.20 bits per heavy atom. The third-order valence-electron chi connectivity index (χ3n) is 3.08. The Kier molecular flexibility index (Phi) is 4.80. The molecule has 20 heavy (non-hydrogen) atoms. The van der Waals surface area contributed by atoms with E-state index in [0.29, 0.717) is 11.4 Å². The maximum atomic E-state index is 12.2. The van der Waals surface area contributed by atoms with Gasteiger partial charge in [-0.1, -0.05) is 29.3 Å². The number of alkyl halides is 1. The first-order valence-corrected chi connectivity index (χ1v) is 7.16. The SMILES string of the molecule is Cc1cc(C)cc(C(=O)Nc2ccc(CCCl)cc2)c1. The molecule has 0 fully saturated rings. The molecule has 0 aliphatic carbocycles. The Morgan fingerprint density at radius 2 is 1.65 bits per heavy atom. The molecular weight excluding hydrogens is 270 g/mol. The van der Waals surface area contributed by atoms with Crippen LogP contribution in [-0.2, 0) is 6.42 Å². The molecule has 0 saturated carbocycles. The highest BCUT2D eigenvalue weighted by Crippen LogP contribution is 2.14. The first-order valence-electron chi connectivity index (χ1n) is 6.63. The average Bonchev–Trinajstić information content (AvgIpc) is 2.40. The Labute approximate surface area is 124 Å². The largest absolute Gasteiger partial charge is 0.322 e.